The lowest BCUT2D eigenvalue weighted by Gasteiger charge is -2.05. The van der Waals surface area contributed by atoms with Crippen LogP contribution in [-0.4, -0.2) is 28.0 Å². The molecule has 2 aromatic heterocycles. The maximum atomic E-state index is 11.4. The molecule has 112 valence electrons. The highest BCUT2D eigenvalue weighted by Gasteiger charge is 2.09. The quantitative estimate of drug-likeness (QED) is 0.711. The Balaban J connectivity index is 1.89. The van der Waals surface area contributed by atoms with E-state index in [2.05, 4.69) is 25.0 Å². The molecule has 0 aliphatic rings. The maximum Gasteiger partial charge on any atom is 0.354 e. The molecule has 8 heteroatoms. The molecule has 1 aromatic carbocycles. The molecule has 0 saturated carbocycles. The number of fused-ring (bicyclic) bond motifs is 1. The molecule has 3 rings (SSSR count). The van der Waals surface area contributed by atoms with Crippen molar-refractivity contribution in [2.45, 2.75) is 0 Å². The molecular weight excluding hydrogens is 327 g/mol. The maximum absolute atomic E-state index is 11.4. The third-order valence-corrected chi connectivity index (χ3v) is 3.67. The first-order chi connectivity index (χ1) is 10.6. The van der Waals surface area contributed by atoms with Gasteiger partial charge in [-0.15, -0.1) is 0 Å². The van der Waals surface area contributed by atoms with Crippen molar-refractivity contribution in [2.75, 3.05) is 12.4 Å². The molecule has 0 saturated heterocycles. The van der Waals surface area contributed by atoms with Crippen molar-refractivity contribution in [1.29, 1.82) is 0 Å². The summed E-state index contributed by atoms with van der Waals surface area (Å²) >= 11 is 11.9. The monoisotopic (exact) mass is 336 g/mol. The van der Waals surface area contributed by atoms with Gasteiger partial charge in [0.1, 0.15) is 11.5 Å². The first kappa shape index (κ1) is 14.6. The highest BCUT2D eigenvalue weighted by Crippen LogP contribution is 2.27. The van der Waals surface area contributed by atoms with Crippen molar-refractivity contribution in [3.8, 4) is 0 Å². The predicted molar refractivity (Wildman–Crippen MR) is 85.0 cm³/mol. The number of benzene rings is 1. The van der Waals surface area contributed by atoms with Crippen LogP contribution in [0.5, 0.6) is 0 Å². The minimum absolute atomic E-state index is 0.341. The fourth-order valence-corrected chi connectivity index (χ4v) is 2.23. The number of nitrogens with one attached hydrogen (secondary N) is 2. The number of carbonyl (C=O) groups excluding carboxylic acids is 1. The summed E-state index contributed by atoms with van der Waals surface area (Å²) in [6.07, 6.45) is 3.20. The van der Waals surface area contributed by atoms with Crippen molar-refractivity contribution >= 4 is 51.7 Å². The van der Waals surface area contributed by atoms with E-state index < -0.39 is 5.97 Å². The number of rotatable bonds is 3. The van der Waals surface area contributed by atoms with Gasteiger partial charge in [0.2, 0.25) is 0 Å². The van der Waals surface area contributed by atoms with E-state index in [9.17, 15) is 4.79 Å². The number of anilines is 2. The van der Waals surface area contributed by atoms with E-state index in [4.69, 9.17) is 23.2 Å². The molecule has 0 spiro atoms. The summed E-state index contributed by atoms with van der Waals surface area (Å²) in [4.78, 5) is 22.9. The number of hydrogen-bond acceptors (Lipinski definition) is 5. The van der Waals surface area contributed by atoms with Crippen molar-refractivity contribution in [3.05, 3.63) is 46.3 Å². The molecule has 0 radical (unpaired) electrons. The summed E-state index contributed by atoms with van der Waals surface area (Å²) in [5.74, 6) is 0.0698. The Hall–Kier alpha value is -2.31. The van der Waals surface area contributed by atoms with E-state index in [1.165, 1.54) is 7.11 Å². The van der Waals surface area contributed by atoms with Crippen LogP contribution in [0.3, 0.4) is 0 Å². The smallest absolute Gasteiger partial charge is 0.354 e. The fraction of sp³-hybridized carbons (Fsp3) is 0.0714. The number of hydrogen-bond donors (Lipinski definition) is 2. The number of esters is 1. The van der Waals surface area contributed by atoms with Gasteiger partial charge in [-0.1, -0.05) is 23.2 Å². The van der Waals surface area contributed by atoms with Crippen LogP contribution in [0.2, 0.25) is 10.0 Å². The van der Waals surface area contributed by atoms with Gasteiger partial charge in [0.25, 0.3) is 0 Å². The molecule has 22 heavy (non-hydrogen) atoms. The summed E-state index contributed by atoms with van der Waals surface area (Å²) in [5.41, 5.74) is 2.26. The lowest BCUT2D eigenvalue weighted by molar-refractivity contribution is 0.0595. The van der Waals surface area contributed by atoms with E-state index in [-0.39, 0.29) is 0 Å². The van der Waals surface area contributed by atoms with Crippen LogP contribution in [0, 0.1) is 0 Å². The molecule has 2 N–H and O–H groups in total. The number of methoxy groups -OCH3 is 1. The zero-order valence-corrected chi connectivity index (χ0v) is 12.9. The van der Waals surface area contributed by atoms with Crippen LogP contribution in [0.4, 0.5) is 11.5 Å². The number of H-pyrrole nitrogens is 1. The Bertz CT molecular complexity index is 863. The second kappa shape index (κ2) is 5.82. The zero-order valence-electron chi connectivity index (χ0n) is 11.4. The Kier molecular flexibility index (Phi) is 3.87. The third-order valence-electron chi connectivity index (χ3n) is 2.95. The Morgan fingerprint density at radius 3 is 2.68 bits per heavy atom. The second-order valence-corrected chi connectivity index (χ2v) is 5.24. The van der Waals surface area contributed by atoms with Crippen molar-refractivity contribution < 1.29 is 9.53 Å². The van der Waals surface area contributed by atoms with E-state index in [0.29, 0.717) is 38.3 Å². The standard InChI is InChI=1S/C14H10Cl2N4O2/c1-22-14(21)12-2-7(5-17-12)19-13-6-18-10-3-8(15)9(16)4-11(10)20-13/h2-6,17H,1H3,(H,19,20). The molecule has 0 atom stereocenters. The number of ether oxygens (including phenoxy) is 1. The lowest BCUT2D eigenvalue weighted by Crippen LogP contribution is -2.00. The van der Waals surface area contributed by atoms with Gasteiger partial charge in [0.15, 0.2) is 0 Å². The number of carbonyl (C=O) groups is 1. The van der Waals surface area contributed by atoms with Gasteiger partial charge < -0.3 is 15.0 Å². The average Bonchev–Trinajstić information content (AvgIpc) is 2.96. The molecular formula is C14H10Cl2N4O2. The fourth-order valence-electron chi connectivity index (χ4n) is 1.91. The van der Waals surface area contributed by atoms with E-state index in [0.717, 1.165) is 0 Å². The van der Waals surface area contributed by atoms with Gasteiger partial charge in [-0.05, 0) is 18.2 Å². The number of aromatic nitrogens is 3. The second-order valence-electron chi connectivity index (χ2n) is 4.43. The molecule has 0 fully saturated rings. The van der Waals surface area contributed by atoms with Crippen LogP contribution in [0.1, 0.15) is 10.5 Å². The SMILES string of the molecule is COC(=O)c1cc(Nc2cnc3cc(Cl)c(Cl)cc3n2)c[nH]1. The van der Waals surface area contributed by atoms with E-state index in [1.807, 2.05) is 0 Å². The minimum Gasteiger partial charge on any atom is -0.464 e. The minimum atomic E-state index is -0.445. The predicted octanol–water partition coefficient (Wildman–Crippen LogP) is 3.79. The number of halogens is 2. The van der Waals surface area contributed by atoms with Gasteiger partial charge in [-0.3, -0.25) is 4.98 Å². The summed E-state index contributed by atoms with van der Waals surface area (Å²) in [5, 5.41) is 3.88. The summed E-state index contributed by atoms with van der Waals surface area (Å²) < 4.78 is 4.63. The molecule has 6 nitrogen and oxygen atoms in total. The molecule has 0 aliphatic carbocycles. The normalized spacial score (nSPS) is 10.7. The Morgan fingerprint density at radius 2 is 1.95 bits per heavy atom. The highest BCUT2D eigenvalue weighted by atomic mass is 35.5. The molecule has 0 unspecified atom stereocenters. The molecule has 0 bridgehead atoms. The first-order valence-electron chi connectivity index (χ1n) is 6.22. The van der Waals surface area contributed by atoms with Gasteiger partial charge in [-0.25, -0.2) is 9.78 Å². The highest BCUT2D eigenvalue weighted by molar-refractivity contribution is 6.42. The molecule has 2 heterocycles. The van der Waals surface area contributed by atoms with Crippen molar-refractivity contribution in [3.63, 3.8) is 0 Å². The van der Waals surface area contributed by atoms with Crippen molar-refractivity contribution in [1.82, 2.24) is 15.0 Å². The molecule has 0 aliphatic heterocycles. The number of aromatic amines is 1. The van der Waals surface area contributed by atoms with Gasteiger partial charge in [0.05, 0.1) is 40.1 Å². The van der Waals surface area contributed by atoms with Crippen LogP contribution >= 0.6 is 23.2 Å². The largest absolute Gasteiger partial charge is 0.464 e. The average molecular weight is 337 g/mol. The molecule has 3 aromatic rings. The summed E-state index contributed by atoms with van der Waals surface area (Å²) in [6.45, 7) is 0. The van der Waals surface area contributed by atoms with Gasteiger partial charge >= 0.3 is 5.97 Å². The van der Waals surface area contributed by atoms with Crippen LogP contribution in [0.15, 0.2) is 30.6 Å². The molecule has 0 amide bonds. The van der Waals surface area contributed by atoms with Crippen LogP contribution in [0.25, 0.3) is 11.0 Å². The first-order valence-corrected chi connectivity index (χ1v) is 6.98. The number of nitrogens with zero attached hydrogens (tertiary/aromatic N) is 2. The van der Waals surface area contributed by atoms with E-state index in [1.54, 1.807) is 30.6 Å². The zero-order chi connectivity index (χ0) is 15.7. The van der Waals surface area contributed by atoms with Gasteiger partial charge in [0, 0.05) is 6.20 Å². The summed E-state index contributed by atoms with van der Waals surface area (Å²) in [7, 11) is 1.32. The van der Waals surface area contributed by atoms with Gasteiger partial charge in [-0.2, -0.15) is 0 Å². The van der Waals surface area contributed by atoms with Crippen LogP contribution < -0.4 is 5.32 Å². The van der Waals surface area contributed by atoms with Crippen LogP contribution in [-0.2, 0) is 4.74 Å². The Morgan fingerprint density at radius 1 is 1.23 bits per heavy atom. The topological polar surface area (TPSA) is 79.9 Å². The Labute approximate surface area is 135 Å². The van der Waals surface area contributed by atoms with Crippen molar-refractivity contribution in [2.24, 2.45) is 0 Å². The third kappa shape index (κ3) is 2.84. The summed E-state index contributed by atoms with van der Waals surface area (Å²) in [6, 6.07) is 4.92. The van der Waals surface area contributed by atoms with E-state index >= 15 is 0 Å². The lowest BCUT2D eigenvalue weighted by atomic mass is 10.3.